The number of fused-ring (bicyclic) bond motifs is 1. The molecule has 3 rings (SSSR count). The number of hydrogen-bond donors (Lipinski definition) is 1. The molecule has 0 spiro atoms. The van der Waals surface area contributed by atoms with Gasteiger partial charge in [-0.1, -0.05) is 39.0 Å². The molecule has 0 amide bonds. The first-order valence-corrected chi connectivity index (χ1v) is 6.99. The Morgan fingerprint density at radius 2 is 2.00 bits per heavy atom. The van der Waals surface area contributed by atoms with Gasteiger partial charge in [-0.3, -0.25) is 4.98 Å². The molecule has 0 aliphatic heterocycles. The Morgan fingerprint density at radius 1 is 1.21 bits per heavy atom. The van der Waals surface area contributed by atoms with E-state index in [2.05, 4.69) is 37.9 Å². The third-order valence-corrected chi connectivity index (χ3v) is 4.53. The van der Waals surface area contributed by atoms with Crippen molar-refractivity contribution in [1.29, 1.82) is 0 Å². The summed E-state index contributed by atoms with van der Waals surface area (Å²) >= 11 is 0. The van der Waals surface area contributed by atoms with E-state index in [4.69, 9.17) is 0 Å². The van der Waals surface area contributed by atoms with E-state index in [-0.39, 0.29) is 11.3 Å². The molecular formula is C17H21NO. The molecule has 0 radical (unpaired) electrons. The average Bonchev–Trinajstić information content (AvgIpc) is 2.58. The molecule has 1 N–H and O–H groups in total. The minimum Gasteiger partial charge on any atom is -0.385 e. The molecule has 2 nitrogen and oxygen atoms in total. The molecule has 1 saturated carbocycles. The fraction of sp³-hybridized carbons (Fsp3) is 0.471. The lowest BCUT2D eigenvalue weighted by Crippen LogP contribution is -2.29. The van der Waals surface area contributed by atoms with Crippen molar-refractivity contribution in [2.75, 3.05) is 0 Å². The lowest BCUT2D eigenvalue weighted by atomic mass is 9.82. The molecule has 1 aromatic heterocycles. The second-order valence-electron chi connectivity index (χ2n) is 6.75. The van der Waals surface area contributed by atoms with Crippen LogP contribution in [-0.4, -0.2) is 10.1 Å². The van der Waals surface area contributed by atoms with Gasteiger partial charge in [-0.05, 0) is 41.9 Å². The lowest BCUT2D eigenvalue weighted by Gasteiger charge is -2.30. The minimum absolute atomic E-state index is 0.193. The summed E-state index contributed by atoms with van der Waals surface area (Å²) in [6.07, 6.45) is 3.67. The highest BCUT2D eigenvalue weighted by Crippen LogP contribution is 2.53. The molecule has 0 bridgehead atoms. The molecule has 100 valence electrons. The largest absolute Gasteiger partial charge is 0.385 e. The Morgan fingerprint density at radius 3 is 2.68 bits per heavy atom. The van der Waals surface area contributed by atoms with Crippen LogP contribution in [-0.2, 0) is 5.60 Å². The van der Waals surface area contributed by atoms with Crippen molar-refractivity contribution >= 4 is 10.9 Å². The van der Waals surface area contributed by atoms with Crippen LogP contribution in [0.2, 0.25) is 0 Å². The highest BCUT2D eigenvalue weighted by Gasteiger charge is 2.48. The summed E-state index contributed by atoms with van der Waals surface area (Å²) in [4.78, 5) is 4.39. The molecular weight excluding hydrogens is 234 g/mol. The third-order valence-electron chi connectivity index (χ3n) is 4.53. The van der Waals surface area contributed by atoms with Crippen molar-refractivity contribution < 1.29 is 5.11 Å². The van der Waals surface area contributed by atoms with Crippen molar-refractivity contribution in [1.82, 2.24) is 4.98 Å². The highest BCUT2D eigenvalue weighted by atomic mass is 16.3. The van der Waals surface area contributed by atoms with Crippen molar-refractivity contribution in [3.63, 3.8) is 0 Å². The van der Waals surface area contributed by atoms with Gasteiger partial charge in [-0.2, -0.15) is 0 Å². The number of benzene rings is 1. The van der Waals surface area contributed by atoms with Crippen molar-refractivity contribution in [3.8, 4) is 0 Å². The number of nitrogens with zero attached hydrogens (tertiary/aromatic N) is 1. The Hall–Kier alpha value is -1.41. The third kappa shape index (κ3) is 1.95. The minimum atomic E-state index is -0.730. The van der Waals surface area contributed by atoms with Crippen LogP contribution >= 0.6 is 0 Å². The van der Waals surface area contributed by atoms with Gasteiger partial charge in [0, 0.05) is 11.6 Å². The van der Waals surface area contributed by atoms with Gasteiger partial charge in [0.2, 0.25) is 0 Å². The lowest BCUT2D eigenvalue weighted by molar-refractivity contribution is 0.000585. The fourth-order valence-electron chi connectivity index (χ4n) is 3.82. The van der Waals surface area contributed by atoms with E-state index in [1.54, 1.807) is 6.20 Å². The van der Waals surface area contributed by atoms with Crippen molar-refractivity contribution in [2.45, 2.75) is 39.2 Å². The van der Waals surface area contributed by atoms with Crippen LogP contribution in [0.1, 0.15) is 39.2 Å². The van der Waals surface area contributed by atoms with Crippen LogP contribution in [0.5, 0.6) is 0 Å². The van der Waals surface area contributed by atoms with Crippen molar-refractivity contribution in [2.24, 2.45) is 11.3 Å². The summed E-state index contributed by atoms with van der Waals surface area (Å²) in [5, 5.41) is 12.3. The summed E-state index contributed by atoms with van der Waals surface area (Å²) < 4.78 is 0. The molecule has 2 aromatic rings. The normalized spacial score (nSPS) is 29.8. The Kier molecular flexibility index (Phi) is 2.68. The van der Waals surface area contributed by atoms with Gasteiger partial charge < -0.3 is 5.11 Å². The Balaban J connectivity index is 2.19. The standard InChI is InChI=1S/C17H21NO/c1-12-10-16(2,3)11-17(12,19)14-7-4-8-15-13(14)6-5-9-18-15/h4-9,12,19H,10-11H2,1-3H3. The maximum Gasteiger partial charge on any atom is 0.0933 e. The van der Waals surface area contributed by atoms with Crippen LogP contribution in [0.25, 0.3) is 10.9 Å². The van der Waals surface area contributed by atoms with E-state index in [9.17, 15) is 5.11 Å². The van der Waals surface area contributed by atoms with Gasteiger partial charge in [0.25, 0.3) is 0 Å². The van der Waals surface area contributed by atoms with Gasteiger partial charge >= 0.3 is 0 Å². The molecule has 0 saturated heterocycles. The van der Waals surface area contributed by atoms with E-state index in [0.29, 0.717) is 0 Å². The number of rotatable bonds is 1. The second kappa shape index (κ2) is 4.04. The van der Waals surface area contributed by atoms with Gasteiger partial charge in [-0.15, -0.1) is 0 Å². The second-order valence-corrected chi connectivity index (χ2v) is 6.75. The molecule has 1 aliphatic rings. The summed E-state index contributed by atoms with van der Waals surface area (Å²) in [5.41, 5.74) is 1.46. The maximum absolute atomic E-state index is 11.2. The monoisotopic (exact) mass is 255 g/mol. The van der Waals surface area contributed by atoms with Crippen LogP contribution in [0, 0.1) is 11.3 Å². The molecule has 1 aliphatic carbocycles. The average molecular weight is 255 g/mol. The smallest absolute Gasteiger partial charge is 0.0933 e. The van der Waals surface area contributed by atoms with E-state index >= 15 is 0 Å². The zero-order valence-corrected chi connectivity index (χ0v) is 11.9. The fourth-order valence-corrected chi connectivity index (χ4v) is 3.82. The first-order chi connectivity index (χ1) is 8.92. The molecule has 2 atom stereocenters. The predicted octanol–water partition coefficient (Wildman–Crippen LogP) is 3.88. The van der Waals surface area contributed by atoms with Crippen LogP contribution in [0.15, 0.2) is 36.5 Å². The first kappa shape index (κ1) is 12.6. The van der Waals surface area contributed by atoms with Gasteiger partial charge in [0.15, 0.2) is 0 Å². The van der Waals surface area contributed by atoms with Crippen LogP contribution < -0.4 is 0 Å². The number of aromatic nitrogens is 1. The van der Waals surface area contributed by atoms with Gasteiger partial charge in [0.05, 0.1) is 11.1 Å². The van der Waals surface area contributed by atoms with E-state index in [1.165, 1.54) is 0 Å². The maximum atomic E-state index is 11.2. The summed E-state index contributed by atoms with van der Waals surface area (Å²) in [7, 11) is 0. The first-order valence-electron chi connectivity index (χ1n) is 6.99. The van der Waals surface area contributed by atoms with Crippen molar-refractivity contribution in [3.05, 3.63) is 42.1 Å². The zero-order chi connectivity index (χ0) is 13.7. The van der Waals surface area contributed by atoms with E-state index < -0.39 is 5.60 Å². The zero-order valence-electron chi connectivity index (χ0n) is 11.9. The molecule has 1 fully saturated rings. The molecule has 19 heavy (non-hydrogen) atoms. The number of aliphatic hydroxyl groups is 1. The van der Waals surface area contributed by atoms with E-state index in [1.807, 2.05) is 18.2 Å². The van der Waals surface area contributed by atoms with Crippen LogP contribution in [0.3, 0.4) is 0 Å². The summed E-state index contributed by atoms with van der Waals surface area (Å²) in [6.45, 7) is 6.64. The summed E-state index contributed by atoms with van der Waals surface area (Å²) in [5.74, 6) is 0.272. The predicted molar refractivity (Wildman–Crippen MR) is 77.8 cm³/mol. The highest BCUT2D eigenvalue weighted by molar-refractivity contribution is 5.83. The summed E-state index contributed by atoms with van der Waals surface area (Å²) in [6, 6.07) is 10.1. The topological polar surface area (TPSA) is 33.1 Å². The van der Waals surface area contributed by atoms with Gasteiger partial charge in [-0.25, -0.2) is 0 Å². The number of hydrogen-bond acceptors (Lipinski definition) is 2. The Labute approximate surface area is 114 Å². The molecule has 2 unspecified atom stereocenters. The Bertz CT molecular complexity index is 614. The quantitative estimate of drug-likeness (QED) is 0.839. The van der Waals surface area contributed by atoms with Gasteiger partial charge in [0.1, 0.15) is 0 Å². The SMILES string of the molecule is CC1CC(C)(C)CC1(O)c1cccc2ncccc12. The molecule has 1 heterocycles. The number of pyridine rings is 1. The molecule has 1 aromatic carbocycles. The van der Waals surface area contributed by atoms with E-state index in [0.717, 1.165) is 29.3 Å². The van der Waals surface area contributed by atoms with Crippen LogP contribution in [0.4, 0.5) is 0 Å². The molecule has 2 heteroatoms.